The average Bonchev–Trinajstić information content (AvgIpc) is 2.96. The Hall–Kier alpha value is -1.44. The highest BCUT2D eigenvalue weighted by molar-refractivity contribution is 7.88. The van der Waals surface area contributed by atoms with Crippen molar-refractivity contribution in [3.63, 3.8) is 0 Å². The van der Waals surface area contributed by atoms with Gasteiger partial charge >= 0.3 is 0 Å². The van der Waals surface area contributed by atoms with Gasteiger partial charge in [0, 0.05) is 20.2 Å². The van der Waals surface area contributed by atoms with Crippen LogP contribution >= 0.6 is 0 Å². The zero-order chi connectivity index (χ0) is 16.2. The number of ether oxygens (including phenoxy) is 1. The van der Waals surface area contributed by atoms with Crippen molar-refractivity contribution in [1.29, 1.82) is 0 Å². The molecule has 7 heteroatoms. The minimum absolute atomic E-state index is 0.241. The molecule has 122 valence electrons. The molecule has 6 nitrogen and oxygen atoms in total. The van der Waals surface area contributed by atoms with Crippen LogP contribution in [0.4, 0.5) is 0 Å². The number of methoxy groups -OCH3 is 1. The lowest BCUT2D eigenvalue weighted by atomic mass is 10.1. The van der Waals surface area contributed by atoms with Crippen LogP contribution in [0, 0.1) is 0 Å². The molecule has 0 unspecified atom stereocenters. The van der Waals surface area contributed by atoms with Crippen LogP contribution in [-0.4, -0.2) is 44.6 Å². The highest BCUT2D eigenvalue weighted by Crippen LogP contribution is 2.20. The second-order valence-corrected chi connectivity index (χ2v) is 7.39. The van der Waals surface area contributed by atoms with Crippen molar-refractivity contribution in [2.75, 3.05) is 19.9 Å². The molecule has 2 rings (SSSR count). The zero-order valence-electron chi connectivity index (χ0n) is 12.9. The first-order chi connectivity index (χ1) is 10.4. The van der Waals surface area contributed by atoms with Gasteiger partial charge in [-0.05, 0) is 24.0 Å². The molecule has 0 radical (unpaired) electrons. The van der Waals surface area contributed by atoms with Gasteiger partial charge in [0.25, 0.3) is 0 Å². The minimum Gasteiger partial charge on any atom is -0.380 e. The molecule has 1 aromatic rings. The van der Waals surface area contributed by atoms with Crippen LogP contribution in [0.5, 0.6) is 0 Å². The third-order valence-electron chi connectivity index (χ3n) is 3.80. The molecule has 1 saturated heterocycles. The maximum absolute atomic E-state index is 12.3. The van der Waals surface area contributed by atoms with Gasteiger partial charge in [-0.2, -0.15) is 4.31 Å². The largest absolute Gasteiger partial charge is 0.380 e. The fraction of sp³-hybridized carbons (Fsp3) is 0.533. The summed E-state index contributed by atoms with van der Waals surface area (Å²) in [5, 5.41) is 2.84. The molecule has 1 atom stereocenters. The predicted molar refractivity (Wildman–Crippen MR) is 83.6 cm³/mol. The molecular formula is C15H22N2O4S. The Morgan fingerprint density at radius 1 is 1.36 bits per heavy atom. The number of carbonyl (C=O) groups excluding carboxylic acids is 1. The molecule has 1 N–H and O–H groups in total. The Balaban J connectivity index is 2.01. The van der Waals surface area contributed by atoms with E-state index in [2.05, 4.69) is 5.32 Å². The molecule has 1 aliphatic heterocycles. The lowest BCUT2D eigenvalue weighted by molar-refractivity contribution is -0.124. The number of hydrogen-bond donors (Lipinski definition) is 1. The standard InChI is InChI=1S/C15H22N2O4S/c1-21-11-13-7-4-3-6-12(13)10-16-15(18)14-8-5-9-17(14)22(2,19)20/h3-4,6-7,14H,5,8-11H2,1-2H3,(H,16,18)/t14-/m0/s1. The summed E-state index contributed by atoms with van der Waals surface area (Å²) < 4.78 is 29.8. The molecule has 0 bridgehead atoms. The second kappa shape index (κ2) is 7.21. The Kier molecular flexibility index (Phi) is 5.55. The maximum Gasteiger partial charge on any atom is 0.238 e. The van der Waals surface area contributed by atoms with Gasteiger partial charge in [0.15, 0.2) is 0 Å². The molecule has 0 aromatic heterocycles. The molecule has 0 saturated carbocycles. The number of hydrogen-bond acceptors (Lipinski definition) is 4. The van der Waals surface area contributed by atoms with Crippen molar-refractivity contribution in [2.45, 2.75) is 32.0 Å². The second-order valence-electron chi connectivity index (χ2n) is 5.45. The molecule has 1 heterocycles. The smallest absolute Gasteiger partial charge is 0.238 e. The summed E-state index contributed by atoms with van der Waals surface area (Å²) in [6, 6.07) is 7.10. The third-order valence-corrected chi connectivity index (χ3v) is 5.09. The van der Waals surface area contributed by atoms with E-state index < -0.39 is 16.1 Å². The normalized spacial score (nSPS) is 19.3. The van der Waals surface area contributed by atoms with E-state index in [0.29, 0.717) is 32.5 Å². The number of benzene rings is 1. The third kappa shape index (κ3) is 4.06. The summed E-state index contributed by atoms with van der Waals surface area (Å²) in [7, 11) is -1.72. The van der Waals surface area contributed by atoms with E-state index in [1.807, 2.05) is 24.3 Å². The van der Waals surface area contributed by atoms with Gasteiger partial charge in [0.1, 0.15) is 6.04 Å². The van der Waals surface area contributed by atoms with Crippen molar-refractivity contribution < 1.29 is 17.9 Å². The topological polar surface area (TPSA) is 75.7 Å². The Morgan fingerprint density at radius 3 is 2.68 bits per heavy atom. The van der Waals surface area contributed by atoms with Gasteiger partial charge in [-0.3, -0.25) is 4.79 Å². The lowest BCUT2D eigenvalue weighted by Gasteiger charge is -2.21. The Bertz CT molecular complexity index is 630. The van der Waals surface area contributed by atoms with Gasteiger partial charge in [-0.1, -0.05) is 24.3 Å². The fourth-order valence-electron chi connectivity index (χ4n) is 2.73. The van der Waals surface area contributed by atoms with Crippen molar-refractivity contribution in [2.24, 2.45) is 0 Å². The van der Waals surface area contributed by atoms with Crippen LogP contribution in [0.2, 0.25) is 0 Å². The molecule has 1 aliphatic rings. The number of carbonyl (C=O) groups is 1. The SMILES string of the molecule is COCc1ccccc1CNC(=O)[C@@H]1CCCN1S(C)(=O)=O. The summed E-state index contributed by atoms with van der Waals surface area (Å²) in [6.07, 6.45) is 2.43. The van der Waals surface area contributed by atoms with E-state index in [9.17, 15) is 13.2 Å². The van der Waals surface area contributed by atoms with Crippen molar-refractivity contribution in [1.82, 2.24) is 9.62 Å². The Morgan fingerprint density at radius 2 is 2.05 bits per heavy atom. The number of amides is 1. The number of nitrogens with zero attached hydrogens (tertiary/aromatic N) is 1. The number of sulfonamides is 1. The van der Waals surface area contributed by atoms with Crippen LogP contribution in [0.25, 0.3) is 0 Å². The molecule has 1 amide bonds. The van der Waals surface area contributed by atoms with E-state index in [4.69, 9.17) is 4.74 Å². The van der Waals surface area contributed by atoms with E-state index in [-0.39, 0.29) is 5.91 Å². The summed E-state index contributed by atoms with van der Waals surface area (Å²) in [5.41, 5.74) is 1.98. The summed E-state index contributed by atoms with van der Waals surface area (Å²) in [5.74, 6) is -0.241. The maximum atomic E-state index is 12.3. The van der Waals surface area contributed by atoms with Crippen LogP contribution < -0.4 is 5.32 Å². The minimum atomic E-state index is -3.34. The predicted octanol–water partition coefficient (Wildman–Crippen LogP) is 0.873. The molecule has 1 fully saturated rings. The van der Waals surface area contributed by atoms with Gasteiger partial charge in [0.05, 0.1) is 12.9 Å². The summed E-state index contributed by atoms with van der Waals surface area (Å²) in [4.78, 5) is 12.3. The van der Waals surface area contributed by atoms with Gasteiger partial charge < -0.3 is 10.1 Å². The lowest BCUT2D eigenvalue weighted by Crippen LogP contribution is -2.45. The summed E-state index contributed by atoms with van der Waals surface area (Å²) in [6.45, 7) is 1.26. The first kappa shape index (κ1) is 16.9. The molecular weight excluding hydrogens is 304 g/mol. The van der Waals surface area contributed by atoms with Crippen molar-refractivity contribution in [3.8, 4) is 0 Å². The first-order valence-corrected chi connectivity index (χ1v) is 9.08. The highest BCUT2D eigenvalue weighted by atomic mass is 32.2. The van der Waals surface area contributed by atoms with Crippen molar-refractivity contribution >= 4 is 15.9 Å². The van der Waals surface area contributed by atoms with Crippen molar-refractivity contribution in [3.05, 3.63) is 35.4 Å². The van der Waals surface area contributed by atoms with Gasteiger partial charge in [0.2, 0.25) is 15.9 Å². The molecule has 1 aromatic carbocycles. The highest BCUT2D eigenvalue weighted by Gasteiger charge is 2.36. The van der Waals surface area contributed by atoms with E-state index in [1.165, 1.54) is 4.31 Å². The fourth-order valence-corrected chi connectivity index (χ4v) is 3.85. The van der Waals surface area contributed by atoms with Gasteiger partial charge in [-0.25, -0.2) is 8.42 Å². The molecule has 0 aliphatic carbocycles. The Labute approximate surface area is 131 Å². The van der Waals surface area contributed by atoms with Crippen LogP contribution in [0.15, 0.2) is 24.3 Å². The van der Waals surface area contributed by atoms with Crippen LogP contribution in [-0.2, 0) is 32.7 Å². The average molecular weight is 326 g/mol. The summed E-state index contributed by atoms with van der Waals surface area (Å²) >= 11 is 0. The monoisotopic (exact) mass is 326 g/mol. The number of rotatable bonds is 6. The quantitative estimate of drug-likeness (QED) is 0.842. The molecule has 22 heavy (non-hydrogen) atoms. The first-order valence-electron chi connectivity index (χ1n) is 7.23. The molecule has 0 spiro atoms. The van der Waals surface area contributed by atoms with E-state index in [1.54, 1.807) is 7.11 Å². The van der Waals surface area contributed by atoms with E-state index >= 15 is 0 Å². The van der Waals surface area contributed by atoms with Gasteiger partial charge in [-0.15, -0.1) is 0 Å². The van der Waals surface area contributed by atoms with Crippen LogP contribution in [0.1, 0.15) is 24.0 Å². The zero-order valence-corrected chi connectivity index (χ0v) is 13.7. The number of nitrogens with one attached hydrogen (secondary N) is 1. The van der Waals surface area contributed by atoms with Crippen LogP contribution in [0.3, 0.4) is 0 Å². The van der Waals surface area contributed by atoms with E-state index in [0.717, 1.165) is 17.4 Å².